The van der Waals surface area contributed by atoms with E-state index in [0.717, 1.165) is 10.2 Å². The van der Waals surface area contributed by atoms with Crippen LogP contribution in [-0.2, 0) is 0 Å². The van der Waals surface area contributed by atoms with E-state index in [-0.39, 0.29) is 6.04 Å². The lowest BCUT2D eigenvalue weighted by Crippen LogP contribution is -2.31. The van der Waals surface area contributed by atoms with E-state index in [1.165, 1.54) is 43.6 Å². The Balaban J connectivity index is 1.55. The molecule has 0 saturated carbocycles. The lowest BCUT2D eigenvalue weighted by Gasteiger charge is -2.29. The fourth-order valence-electron chi connectivity index (χ4n) is 3.11. The molecule has 1 saturated heterocycles. The highest BCUT2D eigenvalue weighted by molar-refractivity contribution is 9.10. The zero-order valence-electron chi connectivity index (χ0n) is 14.5. The maximum absolute atomic E-state index is 5.43. The summed E-state index contributed by atoms with van der Waals surface area (Å²) in [6.07, 6.45) is 3.96. The van der Waals surface area contributed by atoms with Gasteiger partial charge in [0.25, 0.3) is 0 Å². The highest BCUT2D eigenvalue weighted by Gasteiger charge is 2.12. The van der Waals surface area contributed by atoms with Gasteiger partial charge in [0.05, 0.1) is 6.04 Å². The van der Waals surface area contributed by atoms with Crippen LogP contribution in [0.4, 0.5) is 11.4 Å². The molecule has 0 amide bonds. The number of benzene rings is 2. The lowest BCUT2D eigenvalue weighted by molar-refractivity contribution is 0.577. The van der Waals surface area contributed by atoms with E-state index in [0.29, 0.717) is 5.11 Å². The molecule has 0 radical (unpaired) electrons. The molecule has 1 aliphatic heterocycles. The summed E-state index contributed by atoms with van der Waals surface area (Å²) in [7, 11) is 0. The Bertz CT molecular complexity index is 694. The predicted octanol–water partition coefficient (Wildman–Crippen LogP) is 5.49. The molecule has 2 aromatic carbocycles. The Hall–Kier alpha value is -1.59. The van der Waals surface area contributed by atoms with Crippen LogP contribution in [0.15, 0.2) is 53.0 Å². The Kier molecular flexibility index (Phi) is 6.32. The SMILES string of the molecule is CC(NC(=S)Nc1ccc(Br)cc1)c1ccc(N2CCCCC2)cc1. The highest BCUT2D eigenvalue weighted by Crippen LogP contribution is 2.22. The summed E-state index contributed by atoms with van der Waals surface area (Å²) < 4.78 is 1.05. The summed E-state index contributed by atoms with van der Waals surface area (Å²) in [5, 5.41) is 7.21. The molecule has 0 aliphatic carbocycles. The van der Waals surface area contributed by atoms with Gasteiger partial charge in [-0.15, -0.1) is 0 Å². The fourth-order valence-corrected chi connectivity index (χ4v) is 3.67. The Morgan fingerprint density at radius 3 is 2.28 bits per heavy atom. The average Bonchev–Trinajstić information content (AvgIpc) is 2.64. The standard InChI is InChI=1S/C20H24BrN3S/c1-15(22-20(25)23-18-9-7-17(21)8-10-18)16-5-11-19(12-6-16)24-13-3-2-4-14-24/h5-12,15H,2-4,13-14H2,1H3,(H2,22,23,25). The molecule has 1 atom stereocenters. The lowest BCUT2D eigenvalue weighted by atomic mass is 10.1. The Morgan fingerprint density at radius 2 is 1.64 bits per heavy atom. The molecule has 2 N–H and O–H groups in total. The molecule has 1 aliphatic rings. The Morgan fingerprint density at radius 1 is 1.00 bits per heavy atom. The van der Waals surface area contributed by atoms with E-state index in [9.17, 15) is 0 Å². The number of thiocarbonyl (C=S) groups is 1. The number of nitrogens with one attached hydrogen (secondary N) is 2. The van der Waals surface area contributed by atoms with Crippen molar-refractivity contribution in [2.75, 3.05) is 23.3 Å². The third-order valence-corrected chi connectivity index (χ3v) is 5.31. The van der Waals surface area contributed by atoms with Gasteiger partial charge in [-0.1, -0.05) is 28.1 Å². The van der Waals surface area contributed by atoms with Gasteiger partial charge in [-0.2, -0.15) is 0 Å². The minimum Gasteiger partial charge on any atom is -0.372 e. The maximum Gasteiger partial charge on any atom is 0.171 e. The maximum atomic E-state index is 5.43. The molecule has 1 fully saturated rings. The van der Waals surface area contributed by atoms with Crippen molar-refractivity contribution in [1.29, 1.82) is 0 Å². The second kappa shape index (κ2) is 8.68. The van der Waals surface area contributed by atoms with Gasteiger partial charge in [-0.3, -0.25) is 0 Å². The molecule has 5 heteroatoms. The van der Waals surface area contributed by atoms with Crippen LogP contribution >= 0.6 is 28.1 Å². The average molecular weight is 418 g/mol. The van der Waals surface area contributed by atoms with Gasteiger partial charge in [0, 0.05) is 28.9 Å². The highest BCUT2D eigenvalue weighted by atomic mass is 79.9. The summed E-state index contributed by atoms with van der Waals surface area (Å²) >= 11 is 8.87. The van der Waals surface area contributed by atoms with Crippen LogP contribution in [-0.4, -0.2) is 18.2 Å². The van der Waals surface area contributed by atoms with Gasteiger partial charge >= 0.3 is 0 Å². The van der Waals surface area contributed by atoms with Gasteiger partial charge < -0.3 is 15.5 Å². The first-order valence-electron chi connectivity index (χ1n) is 8.80. The number of rotatable bonds is 4. The van der Waals surface area contributed by atoms with Crippen molar-refractivity contribution >= 4 is 44.6 Å². The van der Waals surface area contributed by atoms with E-state index in [1.54, 1.807) is 0 Å². The van der Waals surface area contributed by atoms with Gasteiger partial charge in [0.15, 0.2) is 5.11 Å². The van der Waals surface area contributed by atoms with Gasteiger partial charge in [0.2, 0.25) is 0 Å². The van der Waals surface area contributed by atoms with Crippen molar-refractivity contribution in [3.8, 4) is 0 Å². The van der Waals surface area contributed by atoms with E-state index in [4.69, 9.17) is 12.2 Å². The normalized spacial score (nSPS) is 15.5. The molecular formula is C20H24BrN3S. The summed E-state index contributed by atoms with van der Waals surface area (Å²) in [5.41, 5.74) is 3.54. The molecule has 2 aromatic rings. The summed E-state index contributed by atoms with van der Waals surface area (Å²) in [6, 6.07) is 17.0. The van der Waals surface area contributed by atoms with Crippen LogP contribution in [0.25, 0.3) is 0 Å². The smallest absolute Gasteiger partial charge is 0.171 e. The molecule has 25 heavy (non-hydrogen) atoms. The van der Waals surface area contributed by atoms with Crippen molar-refractivity contribution in [2.45, 2.75) is 32.2 Å². The third kappa shape index (κ3) is 5.19. The molecule has 1 heterocycles. The number of hydrogen-bond donors (Lipinski definition) is 2. The molecule has 3 rings (SSSR count). The number of halogens is 1. The minimum atomic E-state index is 0.158. The van der Waals surface area contributed by atoms with E-state index >= 15 is 0 Å². The number of anilines is 2. The van der Waals surface area contributed by atoms with Crippen molar-refractivity contribution in [3.63, 3.8) is 0 Å². The van der Waals surface area contributed by atoms with Gasteiger partial charge in [-0.25, -0.2) is 0 Å². The largest absolute Gasteiger partial charge is 0.372 e. The second-order valence-electron chi connectivity index (χ2n) is 6.47. The van der Waals surface area contributed by atoms with Crippen LogP contribution in [0.2, 0.25) is 0 Å². The second-order valence-corrected chi connectivity index (χ2v) is 7.79. The number of piperidine rings is 1. The van der Waals surface area contributed by atoms with E-state index < -0.39 is 0 Å². The van der Waals surface area contributed by atoms with Crippen molar-refractivity contribution in [3.05, 3.63) is 58.6 Å². The first kappa shape index (κ1) is 18.2. The number of nitrogens with zero attached hydrogens (tertiary/aromatic N) is 1. The summed E-state index contributed by atoms with van der Waals surface area (Å²) in [6.45, 7) is 4.48. The van der Waals surface area contributed by atoms with Crippen LogP contribution in [0.3, 0.4) is 0 Å². The summed E-state index contributed by atoms with van der Waals surface area (Å²) in [4.78, 5) is 2.48. The molecule has 0 spiro atoms. The zero-order valence-corrected chi connectivity index (χ0v) is 16.9. The molecule has 132 valence electrons. The predicted molar refractivity (Wildman–Crippen MR) is 114 cm³/mol. The van der Waals surface area contributed by atoms with Crippen LogP contribution in [0.1, 0.15) is 37.8 Å². The molecule has 0 aromatic heterocycles. The first-order valence-corrected chi connectivity index (χ1v) is 10.00. The van der Waals surface area contributed by atoms with Crippen molar-refractivity contribution in [1.82, 2.24) is 5.32 Å². The van der Waals surface area contributed by atoms with E-state index in [1.807, 2.05) is 24.3 Å². The summed E-state index contributed by atoms with van der Waals surface area (Å²) in [5.74, 6) is 0. The zero-order chi connectivity index (χ0) is 17.6. The fraction of sp³-hybridized carbons (Fsp3) is 0.350. The molecule has 1 unspecified atom stereocenters. The Labute approximate surface area is 163 Å². The minimum absolute atomic E-state index is 0.158. The van der Waals surface area contributed by atoms with Gasteiger partial charge in [-0.05, 0) is 80.4 Å². The van der Waals surface area contributed by atoms with Gasteiger partial charge in [0.1, 0.15) is 0 Å². The topological polar surface area (TPSA) is 27.3 Å². The molecule has 0 bridgehead atoms. The van der Waals surface area contributed by atoms with Crippen molar-refractivity contribution in [2.24, 2.45) is 0 Å². The first-order chi connectivity index (χ1) is 12.1. The van der Waals surface area contributed by atoms with Crippen molar-refractivity contribution < 1.29 is 0 Å². The number of hydrogen-bond acceptors (Lipinski definition) is 2. The van der Waals surface area contributed by atoms with Crippen LogP contribution < -0.4 is 15.5 Å². The van der Waals surface area contributed by atoms with Crippen LogP contribution in [0, 0.1) is 0 Å². The monoisotopic (exact) mass is 417 g/mol. The molecular weight excluding hydrogens is 394 g/mol. The van der Waals surface area contributed by atoms with E-state index in [2.05, 4.69) is 62.7 Å². The molecule has 3 nitrogen and oxygen atoms in total. The third-order valence-electron chi connectivity index (χ3n) is 4.56. The van der Waals surface area contributed by atoms with Crippen LogP contribution in [0.5, 0.6) is 0 Å². The quantitative estimate of drug-likeness (QED) is 0.643.